The van der Waals surface area contributed by atoms with Gasteiger partial charge in [-0.15, -0.1) is 0 Å². The van der Waals surface area contributed by atoms with Gasteiger partial charge in [0, 0.05) is 0 Å². The standard InChI is InChI=1S/C14H15NO3/c1-9-3-4-10-11(7-9)13(17)15(12(10)16)8-14(18)5-2-6-14/h3-4,7,18H,2,5-6,8H2,1H3. The van der Waals surface area contributed by atoms with Crippen LogP contribution in [0.3, 0.4) is 0 Å². The van der Waals surface area contributed by atoms with Gasteiger partial charge in [-0.1, -0.05) is 11.6 Å². The first-order valence-corrected chi connectivity index (χ1v) is 6.19. The predicted molar refractivity (Wildman–Crippen MR) is 65.3 cm³/mol. The zero-order chi connectivity index (χ0) is 12.9. The Balaban J connectivity index is 1.92. The van der Waals surface area contributed by atoms with Gasteiger partial charge in [0.1, 0.15) is 0 Å². The summed E-state index contributed by atoms with van der Waals surface area (Å²) in [6.07, 6.45) is 2.29. The lowest BCUT2D eigenvalue weighted by Gasteiger charge is -2.38. The van der Waals surface area contributed by atoms with Crippen molar-refractivity contribution < 1.29 is 14.7 Å². The zero-order valence-electron chi connectivity index (χ0n) is 10.3. The van der Waals surface area contributed by atoms with E-state index in [1.807, 2.05) is 13.0 Å². The van der Waals surface area contributed by atoms with Crippen LogP contribution < -0.4 is 0 Å². The summed E-state index contributed by atoms with van der Waals surface area (Å²) >= 11 is 0. The summed E-state index contributed by atoms with van der Waals surface area (Å²) < 4.78 is 0. The van der Waals surface area contributed by atoms with Crippen molar-refractivity contribution >= 4 is 11.8 Å². The van der Waals surface area contributed by atoms with Crippen LogP contribution in [-0.2, 0) is 0 Å². The Hall–Kier alpha value is -1.68. The van der Waals surface area contributed by atoms with Crippen LogP contribution in [0.5, 0.6) is 0 Å². The Kier molecular flexibility index (Phi) is 2.32. The summed E-state index contributed by atoms with van der Waals surface area (Å²) in [5.41, 5.74) is 1.01. The second kappa shape index (κ2) is 3.65. The minimum absolute atomic E-state index is 0.123. The fourth-order valence-corrected chi connectivity index (χ4v) is 2.59. The van der Waals surface area contributed by atoms with Gasteiger partial charge in [-0.05, 0) is 38.3 Å². The Morgan fingerprint density at radius 3 is 2.50 bits per heavy atom. The highest BCUT2D eigenvalue weighted by Crippen LogP contribution is 2.34. The first-order chi connectivity index (χ1) is 8.50. The third kappa shape index (κ3) is 1.56. The molecular formula is C14H15NO3. The van der Waals surface area contributed by atoms with Crippen LogP contribution in [0.4, 0.5) is 0 Å². The molecule has 4 nitrogen and oxygen atoms in total. The van der Waals surface area contributed by atoms with E-state index in [1.54, 1.807) is 12.1 Å². The van der Waals surface area contributed by atoms with E-state index in [2.05, 4.69) is 0 Å². The molecule has 1 heterocycles. The number of carbonyl (C=O) groups excluding carboxylic acids is 2. The van der Waals surface area contributed by atoms with E-state index in [-0.39, 0.29) is 18.4 Å². The molecule has 0 aromatic heterocycles. The molecule has 0 saturated heterocycles. The molecular weight excluding hydrogens is 230 g/mol. The summed E-state index contributed by atoms with van der Waals surface area (Å²) in [5, 5.41) is 10.1. The average molecular weight is 245 g/mol. The fraction of sp³-hybridized carbons (Fsp3) is 0.429. The normalized spacial score (nSPS) is 20.9. The maximum Gasteiger partial charge on any atom is 0.261 e. The first-order valence-electron chi connectivity index (χ1n) is 6.19. The van der Waals surface area contributed by atoms with Gasteiger partial charge in [0.2, 0.25) is 0 Å². The van der Waals surface area contributed by atoms with Crippen LogP contribution in [0.15, 0.2) is 18.2 Å². The molecule has 18 heavy (non-hydrogen) atoms. The molecule has 2 amide bonds. The molecule has 1 fully saturated rings. The van der Waals surface area contributed by atoms with Crippen LogP contribution in [0.25, 0.3) is 0 Å². The van der Waals surface area contributed by atoms with Crippen LogP contribution in [-0.4, -0.2) is 34.0 Å². The van der Waals surface area contributed by atoms with Gasteiger partial charge in [0.15, 0.2) is 0 Å². The zero-order valence-corrected chi connectivity index (χ0v) is 10.3. The number of aliphatic hydroxyl groups is 1. The van der Waals surface area contributed by atoms with Crippen molar-refractivity contribution in [2.75, 3.05) is 6.54 Å². The number of benzene rings is 1. The number of aryl methyl sites for hydroxylation is 1. The average Bonchev–Trinajstić information content (AvgIpc) is 2.52. The Bertz CT molecular complexity index is 546. The quantitative estimate of drug-likeness (QED) is 0.803. The van der Waals surface area contributed by atoms with E-state index in [4.69, 9.17) is 0 Å². The van der Waals surface area contributed by atoms with E-state index in [1.165, 1.54) is 4.90 Å². The van der Waals surface area contributed by atoms with Crippen molar-refractivity contribution in [1.29, 1.82) is 0 Å². The van der Waals surface area contributed by atoms with Crippen molar-refractivity contribution in [3.63, 3.8) is 0 Å². The van der Waals surface area contributed by atoms with Crippen LogP contribution >= 0.6 is 0 Å². The lowest BCUT2D eigenvalue weighted by molar-refractivity contribution is -0.0486. The van der Waals surface area contributed by atoms with Gasteiger partial charge in [0.25, 0.3) is 11.8 Å². The number of β-amino-alcohol motifs (C(OH)–C–C–N with tert-alkyl or cyclic N) is 1. The molecule has 94 valence electrons. The molecule has 1 N–H and O–H groups in total. The third-order valence-electron chi connectivity index (χ3n) is 3.86. The monoisotopic (exact) mass is 245 g/mol. The molecule has 0 bridgehead atoms. The number of amides is 2. The van der Waals surface area contributed by atoms with E-state index in [0.717, 1.165) is 12.0 Å². The fourth-order valence-electron chi connectivity index (χ4n) is 2.59. The highest BCUT2D eigenvalue weighted by Gasteiger charge is 2.43. The number of fused-ring (bicyclic) bond motifs is 1. The number of hydrogen-bond acceptors (Lipinski definition) is 3. The number of nitrogens with zero attached hydrogens (tertiary/aromatic N) is 1. The third-order valence-corrected chi connectivity index (χ3v) is 3.86. The Morgan fingerprint density at radius 2 is 1.89 bits per heavy atom. The second-order valence-electron chi connectivity index (χ2n) is 5.32. The lowest BCUT2D eigenvalue weighted by atomic mass is 9.80. The van der Waals surface area contributed by atoms with Gasteiger partial charge in [-0.2, -0.15) is 0 Å². The molecule has 1 aromatic rings. The number of carbonyl (C=O) groups is 2. The molecule has 0 spiro atoms. The largest absolute Gasteiger partial charge is 0.388 e. The van der Waals surface area contributed by atoms with Crippen LogP contribution in [0, 0.1) is 6.92 Å². The molecule has 1 aliphatic heterocycles. The van der Waals surface area contributed by atoms with Crippen molar-refractivity contribution in [3.8, 4) is 0 Å². The summed E-state index contributed by atoms with van der Waals surface area (Å²) in [7, 11) is 0. The van der Waals surface area contributed by atoms with Crippen LogP contribution in [0.2, 0.25) is 0 Å². The second-order valence-corrected chi connectivity index (χ2v) is 5.32. The van der Waals surface area contributed by atoms with Gasteiger partial charge >= 0.3 is 0 Å². The van der Waals surface area contributed by atoms with Crippen molar-refractivity contribution in [3.05, 3.63) is 34.9 Å². The Labute approximate surface area is 105 Å². The minimum Gasteiger partial charge on any atom is -0.388 e. The first kappa shape index (κ1) is 11.4. The smallest absolute Gasteiger partial charge is 0.261 e. The van der Waals surface area contributed by atoms with Gasteiger partial charge in [0.05, 0.1) is 23.3 Å². The molecule has 1 aliphatic carbocycles. The van der Waals surface area contributed by atoms with E-state index >= 15 is 0 Å². The van der Waals surface area contributed by atoms with Gasteiger partial charge in [-0.25, -0.2) is 0 Å². The highest BCUT2D eigenvalue weighted by atomic mass is 16.3. The molecule has 0 atom stereocenters. The molecule has 0 radical (unpaired) electrons. The Morgan fingerprint density at radius 1 is 1.22 bits per heavy atom. The molecule has 1 aromatic carbocycles. The van der Waals surface area contributed by atoms with Gasteiger partial charge in [-0.3, -0.25) is 14.5 Å². The van der Waals surface area contributed by atoms with Gasteiger partial charge < -0.3 is 5.11 Å². The number of rotatable bonds is 2. The molecule has 2 aliphatic rings. The van der Waals surface area contributed by atoms with E-state index < -0.39 is 5.60 Å². The molecule has 1 saturated carbocycles. The van der Waals surface area contributed by atoms with Crippen molar-refractivity contribution in [2.45, 2.75) is 31.8 Å². The minimum atomic E-state index is -0.859. The molecule has 0 unspecified atom stereocenters. The summed E-state index contributed by atoms with van der Waals surface area (Å²) in [5.74, 6) is -0.561. The SMILES string of the molecule is Cc1ccc2c(c1)C(=O)N(CC1(O)CCC1)C2=O. The van der Waals surface area contributed by atoms with Crippen molar-refractivity contribution in [2.24, 2.45) is 0 Å². The summed E-state index contributed by atoms with van der Waals surface area (Å²) in [6, 6.07) is 5.25. The molecule has 3 rings (SSSR count). The maximum absolute atomic E-state index is 12.2. The number of hydrogen-bond donors (Lipinski definition) is 1. The summed E-state index contributed by atoms with van der Waals surface area (Å²) in [6.45, 7) is 2.01. The highest BCUT2D eigenvalue weighted by molar-refractivity contribution is 6.21. The maximum atomic E-state index is 12.2. The lowest BCUT2D eigenvalue weighted by Crippen LogP contribution is -2.49. The number of imide groups is 1. The summed E-state index contributed by atoms with van der Waals surface area (Å²) in [4.78, 5) is 25.5. The molecule has 4 heteroatoms. The van der Waals surface area contributed by atoms with E-state index in [9.17, 15) is 14.7 Å². The van der Waals surface area contributed by atoms with Crippen molar-refractivity contribution in [1.82, 2.24) is 4.90 Å². The topological polar surface area (TPSA) is 57.6 Å². The van der Waals surface area contributed by atoms with E-state index in [0.29, 0.717) is 24.0 Å². The van der Waals surface area contributed by atoms with Crippen LogP contribution in [0.1, 0.15) is 45.5 Å². The predicted octanol–water partition coefficient (Wildman–Crippen LogP) is 1.51.